The van der Waals surface area contributed by atoms with Crippen LogP contribution in [0.1, 0.15) is 17.2 Å². The number of nitrogens with zero attached hydrogens (tertiary/aromatic N) is 1. The van der Waals surface area contributed by atoms with Gasteiger partial charge in [-0.15, -0.1) is 0 Å². The molecule has 148 valence electrons. The Balaban J connectivity index is 1.78. The van der Waals surface area contributed by atoms with Crippen LogP contribution in [-0.2, 0) is 9.59 Å². The largest absolute Gasteiger partial charge is 0.503 e. The number of carbonyl (C=O) groups excluding carboxylic acids is 2. The molecule has 3 aromatic rings. The van der Waals surface area contributed by atoms with Crippen LogP contribution in [0.15, 0.2) is 102 Å². The Morgan fingerprint density at radius 2 is 1.50 bits per heavy atom. The lowest BCUT2D eigenvalue weighted by atomic mass is 9.95. The Morgan fingerprint density at radius 1 is 0.900 bits per heavy atom. The summed E-state index contributed by atoms with van der Waals surface area (Å²) in [5, 5.41) is 10.6. The molecule has 0 saturated heterocycles. The zero-order valence-electron chi connectivity index (χ0n) is 15.9. The van der Waals surface area contributed by atoms with Gasteiger partial charge in [0, 0.05) is 5.69 Å². The standard InChI is InChI=1S/C25H18FNO3/c26-19-14-12-18(13-15-19)23-22(21(28)16-11-17-7-3-1-4-8-17)24(29)25(30)27(23)20-9-5-2-6-10-20/h1-16,23,29H/b16-11+. The molecule has 4 nitrogen and oxygen atoms in total. The lowest BCUT2D eigenvalue weighted by molar-refractivity contribution is -0.117. The van der Waals surface area contributed by atoms with Crippen LogP contribution in [0.25, 0.3) is 6.08 Å². The van der Waals surface area contributed by atoms with Crippen molar-refractivity contribution in [2.24, 2.45) is 0 Å². The summed E-state index contributed by atoms with van der Waals surface area (Å²) < 4.78 is 13.5. The number of hydrogen-bond donors (Lipinski definition) is 1. The van der Waals surface area contributed by atoms with Gasteiger partial charge in [0.2, 0.25) is 0 Å². The summed E-state index contributed by atoms with van der Waals surface area (Å²) in [6, 6.07) is 22.7. The molecule has 0 radical (unpaired) electrons. The van der Waals surface area contributed by atoms with E-state index in [1.807, 2.05) is 30.3 Å². The fraction of sp³-hybridized carbons (Fsp3) is 0.0400. The molecule has 3 aromatic carbocycles. The maximum Gasteiger partial charge on any atom is 0.294 e. The van der Waals surface area contributed by atoms with E-state index in [4.69, 9.17) is 0 Å². The van der Waals surface area contributed by atoms with Crippen LogP contribution in [-0.4, -0.2) is 16.8 Å². The van der Waals surface area contributed by atoms with Gasteiger partial charge in [-0.3, -0.25) is 14.5 Å². The van der Waals surface area contributed by atoms with E-state index in [0.29, 0.717) is 11.3 Å². The van der Waals surface area contributed by atoms with Gasteiger partial charge in [-0.2, -0.15) is 0 Å². The summed E-state index contributed by atoms with van der Waals surface area (Å²) in [4.78, 5) is 27.3. The maximum absolute atomic E-state index is 13.5. The molecule has 4 rings (SSSR count). The Kier molecular flexibility index (Phi) is 5.26. The molecule has 1 unspecified atom stereocenters. The first kappa shape index (κ1) is 19.3. The third kappa shape index (κ3) is 3.65. The first-order valence-electron chi connectivity index (χ1n) is 9.41. The molecule has 1 heterocycles. The number of amides is 1. The van der Waals surface area contributed by atoms with Crippen LogP contribution in [0.5, 0.6) is 0 Å². The van der Waals surface area contributed by atoms with E-state index in [1.165, 1.54) is 35.2 Å². The molecule has 5 heteroatoms. The number of aliphatic hydroxyl groups is 1. The minimum atomic E-state index is -0.867. The van der Waals surface area contributed by atoms with Crippen molar-refractivity contribution in [3.8, 4) is 0 Å². The molecule has 0 aromatic heterocycles. The first-order chi connectivity index (χ1) is 14.6. The molecule has 0 saturated carbocycles. The summed E-state index contributed by atoms with van der Waals surface area (Å²) in [7, 11) is 0. The Hall–Kier alpha value is -3.99. The van der Waals surface area contributed by atoms with Crippen molar-refractivity contribution in [2.75, 3.05) is 4.90 Å². The number of halogens is 1. The summed E-state index contributed by atoms with van der Waals surface area (Å²) in [6.45, 7) is 0. The van der Waals surface area contributed by atoms with Crippen molar-refractivity contribution in [2.45, 2.75) is 6.04 Å². The average Bonchev–Trinajstić information content (AvgIpc) is 3.04. The van der Waals surface area contributed by atoms with Gasteiger partial charge in [0.15, 0.2) is 11.5 Å². The minimum Gasteiger partial charge on any atom is -0.503 e. The number of anilines is 1. The molecular formula is C25H18FNO3. The SMILES string of the molecule is O=C(/C=C/c1ccccc1)C1=C(O)C(=O)N(c2ccccc2)C1c1ccc(F)cc1. The van der Waals surface area contributed by atoms with Gasteiger partial charge in [0.05, 0.1) is 11.6 Å². The minimum absolute atomic E-state index is 0.0392. The molecule has 0 aliphatic carbocycles. The Labute approximate surface area is 173 Å². The Morgan fingerprint density at radius 3 is 2.13 bits per heavy atom. The summed E-state index contributed by atoms with van der Waals surface area (Å²) in [6.07, 6.45) is 2.96. The van der Waals surface area contributed by atoms with E-state index in [-0.39, 0.29) is 5.57 Å². The summed E-state index contributed by atoms with van der Waals surface area (Å²) in [5.74, 6) is -2.19. The Bertz CT molecular complexity index is 1140. The van der Waals surface area contributed by atoms with Crippen molar-refractivity contribution >= 4 is 23.5 Å². The van der Waals surface area contributed by atoms with Crippen molar-refractivity contribution in [1.29, 1.82) is 0 Å². The van der Waals surface area contributed by atoms with E-state index < -0.39 is 29.3 Å². The normalized spacial score (nSPS) is 16.5. The van der Waals surface area contributed by atoms with Crippen LogP contribution < -0.4 is 4.90 Å². The highest BCUT2D eigenvalue weighted by molar-refractivity contribution is 6.19. The number of aliphatic hydroxyl groups excluding tert-OH is 1. The topological polar surface area (TPSA) is 57.6 Å². The second kappa shape index (κ2) is 8.17. The number of benzene rings is 3. The number of hydrogen-bond acceptors (Lipinski definition) is 3. The third-order valence-electron chi connectivity index (χ3n) is 4.92. The number of carbonyl (C=O) groups is 2. The van der Waals surface area contributed by atoms with Gasteiger partial charge in [-0.25, -0.2) is 4.39 Å². The van der Waals surface area contributed by atoms with Crippen LogP contribution in [0.3, 0.4) is 0 Å². The quantitative estimate of drug-likeness (QED) is 0.614. The van der Waals surface area contributed by atoms with Crippen molar-refractivity contribution in [3.63, 3.8) is 0 Å². The van der Waals surface area contributed by atoms with E-state index in [2.05, 4.69) is 0 Å². The third-order valence-corrected chi connectivity index (χ3v) is 4.92. The van der Waals surface area contributed by atoms with Gasteiger partial charge < -0.3 is 5.11 Å². The number of ketones is 1. The predicted molar refractivity (Wildman–Crippen MR) is 113 cm³/mol. The second-order valence-electron chi connectivity index (χ2n) is 6.84. The van der Waals surface area contributed by atoms with E-state index >= 15 is 0 Å². The molecule has 1 amide bonds. The average molecular weight is 399 g/mol. The van der Waals surface area contributed by atoms with Crippen LogP contribution in [0.2, 0.25) is 0 Å². The molecule has 0 fully saturated rings. The van der Waals surface area contributed by atoms with Crippen LogP contribution >= 0.6 is 0 Å². The highest BCUT2D eigenvalue weighted by Gasteiger charge is 2.43. The van der Waals surface area contributed by atoms with E-state index in [0.717, 1.165) is 5.56 Å². The van der Waals surface area contributed by atoms with Crippen molar-refractivity contribution < 1.29 is 19.1 Å². The highest BCUT2D eigenvalue weighted by Crippen LogP contribution is 2.41. The fourth-order valence-corrected chi connectivity index (χ4v) is 3.50. The first-order valence-corrected chi connectivity index (χ1v) is 9.41. The molecule has 30 heavy (non-hydrogen) atoms. The van der Waals surface area contributed by atoms with Gasteiger partial charge in [0.1, 0.15) is 5.82 Å². The molecule has 1 atom stereocenters. The lowest BCUT2D eigenvalue weighted by Gasteiger charge is -2.26. The van der Waals surface area contributed by atoms with Gasteiger partial charge >= 0.3 is 0 Å². The van der Waals surface area contributed by atoms with E-state index in [1.54, 1.807) is 36.4 Å². The fourth-order valence-electron chi connectivity index (χ4n) is 3.50. The molecular weight excluding hydrogens is 381 g/mol. The molecule has 1 aliphatic heterocycles. The van der Waals surface area contributed by atoms with Gasteiger partial charge in [-0.05, 0) is 41.5 Å². The maximum atomic E-state index is 13.5. The number of rotatable bonds is 5. The van der Waals surface area contributed by atoms with Crippen molar-refractivity contribution in [3.05, 3.63) is 119 Å². The van der Waals surface area contributed by atoms with Crippen molar-refractivity contribution in [1.82, 2.24) is 0 Å². The highest BCUT2D eigenvalue weighted by atomic mass is 19.1. The second-order valence-corrected chi connectivity index (χ2v) is 6.84. The van der Waals surface area contributed by atoms with Gasteiger partial charge in [0.25, 0.3) is 5.91 Å². The molecule has 0 bridgehead atoms. The summed E-state index contributed by atoms with van der Waals surface area (Å²) >= 11 is 0. The molecule has 1 N–H and O–H groups in total. The predicted octanol–water partition coefficient (Wildman–Crippen LogP) is 5.01. The lowest BCUT2D eigenvalue weighted by Crippen LogP contribution is -2.30. The van der Waals surface area contributed by atoms with Crippen LogP contribution in [0, 0.1) is 5.82 Å². The molecule has 1 aliphatic rings. The zero-order chi connectivity index (χ0) is 21.1. The monoisotopic (exact) mass is 399 g/mol. The van der Waals surface area contributed by atoms with Crippen LogP contribution in [0.4, 0.5) is 10.1 Å². The number of allylic oxidation sites excluding steroid dienone is 1. The number of para-hydroxylation sites is 1. The smallest absolute Gasteiger partial charge is 0.294 e. The van der Waals surface area contributed by atoms with Gasteiger partial charge in [-0.1, -0.05) is 66.7 Å². The van der Waals surface area contributed by atoms with E-state index in [9.17, 15) is 19.1 Å². The summed E-state index contributed by atoms with van der Waals surface area (Å²) in [5.41, 5.74) is 1.82. The molecule has 0 spiro atoms. The zero-order valence-corrected chi connectivity index (χ0v) is 15.9.